The maximum absolute atomic E-state index is 13.2. The maximum atomic E-state index is 13.2. The second-order valence-electron chi connectivity index (χ2n) is 6.97. The average molecular weight is 436 g/mol. The topological polar surface area (TPSA) is 82.3 Å². The molecule has 1 N–H and O–H groups in total. The zero-order valence-corrected chi connectivity index (χ0v) is 17.7. The minimum Gasteiger partial charge on any atom is -0.496 e. The van der Waals surface area contributed by atoms with Crippen molar-refractivity contribution in [2.45, 2.75) is 19.6 Å². The van der Waals surface area contributed by atoms with Gasteiger partial charge in [-0.2, -0.15) is 0 Å². The summed E-state index contributed by atoms with van der Waals surface area (Å²) >= 11 is 1.25. The van der Waals surface area contributed by atoms with E-state index in [9.17, 15) is 14.4 Å². The number of rotatable bonds is 7. The van der Waals surface area contributed by atoms with Gasteiger partial charge in [-0.25, -0.2) is 4.79 Å². The van der Waals surface area contributed by atoms with Crippen molar-refractivity contribution in [1.82, 2.24) is 14.5 Å². The number of nitrogens with zero attached hydrogens (tertiary/aromatic N) is 2. The van der Waals surface area contributed by atoms with Crippen LogP contribution in [0.4, 0.5) is 0 Å². The number of fused-ring (bicyclic) bond motifs is 1. The number of benzene rings is 2. The van der Waals surface area contributed by atoms with E-state index < -0.39 is 5.69 Å². The predicted molar refractivity (Wildman–Crippen MR) is 121 cm³/mol. The monoisotopic (exact) mass is 435 g/mol. The number of hydrogen-bond acceptors (Lipinski definition) is 5. The summed E-state index contributed by atoms with van der Waals surface area (Å²) in [6.07, 6.45) is 0. The molecule has 4 aromatic rings. The molecule has 2 heterocycles. The molecule has 0 spiro atoms. The van der Waals surface area contributed by atoms with E-state index in [1.807, 2.05) is 42.5 Å². The van der Waals surface area contributed by atoms with Gasteiger partial charge < -0.3 is 10.1 Å². The molecule has 0 bridgehead atoms. The summed E-state index contributed by atoms with van der Waals surface area (Å²) in [5.41, 5.74) is 1.23. The molecule has 1 amide bonds. The molecule has 31 heavy (non-hydrogen) atoms. The number of nitrogens with one attached hydrogen (secondary N) is 1. The zero-order chi connectivity index (χ0) is 21.8. The number of methoxy groups -OCH3 is 1. The molecule has 0 saturated heterocycles. The fraction of sp³-hybridized carbons (Fsp3) is 0.174. The Morgan fingerprint density at radius 3 is 2.52 bits per heavy atom. The third-order valence-corrected chi connectivity index (χ3v) is 5.88. The van der Waals surface area contributed by atoms with Gasteiger partial charge in [0.2, 0.25) is 5.91 Å². The molecule has 0 saturated carbocycles. The quantitative estimate of drug-likeness (QED) is 0.484. The van der Waals surface area contributed by atoms with Gasteiger partial charge in [0, 0.05) is 12.1 Å². The second-order valence-corrected chi connectivity index (χ2v) is 7.89. The summed E-state index contributed by atoms with van der Waals surface area (Å²) in [6, 6.07) is 18.5. The fourth-order valence-electron chi connectivity index (χ4n) is 3.43. The van der Waals surface area contributed by atoms with Crippen LogP contribution < -0.4 is 21.3 Å². The summed E-state index contributed by atoms with van der Waals surface area (Å²) in [5, 5.41) is 4.58. The minimum absolute atomic E-state index is 0.0567. The van der Waals surface area contributed by atoms with Crippen LogP contribution in [0.15, 0.2) is 75.6 Å². The summed E-state index contributed by atoms with van der Waals surface area (Å²) in [5.74, 6) is 0.285. The molecule has 2 aromatic carbocycles. The highest BCUT2D eigenvalue weighted by atomic mass is 32.1. The standard InChI is InChI=1S/C23H21N3O4S/c1-30-19-10-6-5-9-17(19)14-26-22(28)21-18(11-12-31-21)25(23(26)29)15-20(27)24-13-16-7-3-2-4-8-16/h2-12H,13-15H2,1H3,(H,24,27). The first-order chi connectivity index (χ1) is 15.1. The van der Waals surface area contributed by atoms with Crippen LogP contribution in [0.25, 0.3) is 10.2 Å². The molecule has 0 aliphatic heterocycles. The minimum atomic E-state index is -0.531. The smallest absolute Gasteiger partial charge is 0.332 e. The van der Waals surface area contributed by atoms with E-state index in [0.29, 0.717) is 28.1 Å². The molecule has 0 aliphatic carbocycles. The highest BCUT2D eigenvalue weighted by molar-refractivity contribution is 7.17. The van der Waals surface area contributed by atoms with Gasteiger partial charge in [0.05, 0.1) is 19.2 Å². The zero-order valence-electron chi connectivity index (χ0n) is 16.9. The number of para-hydroxylation sites is 1. The number of thiophene rings is 1. The molecule has 0 radical (unpaired) electrons. The summed E-state index contributed by atoms with van der Waals surface area (Å²) < 4.78 is 8.29. The molecule has 2 aromatic heterocycles. The highest BCUT2D eigenvalue weighted by Gasteiger charge is 2.17. The van der Waals surface area contributed by atoms with Gasteiger partial charge in [-0.15, -0.1) is 11.3 Å². The van der Waals surface area contributed by atoms with Crippen LogP contribution >= 0.6 is 11.3 Å². The maximum Gasteiger partial charge on any atom is 0.332 e. The lowest BCUT2D eigenvalue weighted by Gasteiger charge is -2.14. The molecule has 0 aliphatic rings. The Morgan fingerprint density at radius 1 is 1.00 bits per heavy atom. The molecule has 0 atom stereocenters. The van der Waals surface area contributed by atoms with Gasteiger partial charge in [0.25, 0.3) is 5.56 Å². The van der Waals surface area contributed by atoms with Crippen LogP contribution in [-0.4, -0.2) is 22.2 Å². The Kier molecular flexibility index (Phi) is 5.99. The average Bonchev–Trinajstić information content (AvgIpc) is 3.29. The third-order valence-electron chi connectivity index (χ3n) is 4.99. The van der Waals surface area contributed by atoms with E-state index in [1.165, 1.54) is 15.9 Å². The Bertz CT molecular complexity index is 1340. The fourth-order valence-corrected chi connectivity index (χ4v) is 4.27. The van der Waals surface area contributed by atoms with Gasteiger partial charge >= 0.3 is 5.69 Å². The molecule has 0 fully saturated rings. The Hall–Kier alpha value is -3.65. The van der Waals surface area contributed by atoms with Crippen LogP contribution in [0.1, 0.15) is 11.1 Å². The van der Waals surface area contributed by atoms with Crippen LogP contribution in [0.3, 0.4) is 0 Å². The first kappa shape index (κ1) is 20.6. The SMILES string of the molecule is COc1ccccc1Cn1c(=O)c2sccc2n(CC(=O)NCc2ccccc2)c1=O. The Labute approximate surface area is 182 Å². The molecular formula is C23H21N3O4S. The number of carbonyl (C=O) groups is 1. The summed E-state index contributed by atoms with van der Waals surface area (Å²) in [7, 11) is 1.54. The number of carbonyl (C=O) groups excluding carboxylic acids is 1. The van der Waals surface area contributed by atoms with Gasteiger partial charge in [0.1, 0.15) is 17.0 Å². The predicted octanol–water partition coefficient (Wildman–Crippen LogP) is 2.60. The van der Waals surface area contributed by atoms with Crippen molar-refractivity contribution in [2.75, 3.05) is 7.11 Å². The highest BCUT2D eigenvalue weighted by Crippen LogP contribution is 2.19. The van der Waals surface area contributed by atoms with Crippen LogP contribution in [-0.2, 0) is 24.4 Å². The summed E-state index contributed by atoms with van der Waals surface area (Å²) in [4.78, 5) is 38.8. The third kappa shape index (κ3) is 4.29. The van der Waals surface area contributed by atoms with E-state index in [0.717, 1.165) is 10.1 Å². The van der Waals surface area contributed by atoms with Crippen molar-refractivity contribution in [2.24, 2.45) is 0 Å². The van der Waals surface area contributed by atoms with Crippen molar-refractivity contribution in [3.05, 3.63) is 98.0 Å². The summed E-state index contributed by atoms with van der Waals surface area (Å²) in [6.45, 7) is 0.244. The molecule has 158 valence electrons. The first-order valence-electron chi connectivity index (χ1n) is 9.72. The number of aromatic nitrogens is 2. The lowest BCUT2D eigenvalue weighted by atomic mass is 10.2. The number of hydrogen-bond donors (Lipinski definition) is 1. The Morgan fingerprint density at radius 2 is 1.74 bits per heavy atom. The molecule has 8 heteroatoms. The lowest BCUT2D eigenvalue weighted by molar-refractivity contribution is -0.121. The van der Waals surface area contributed by atoms with E-state index >= 15 is 0 Å². The molecule has 0 unspecified atom stereocenters. The van der Waals surface area contributed by atoms with Crippen LogP contribution in [0.2, 0.25) is 0 Å². The first-order valence-corrected chi connectivity index (χ1v) is 10.6. The van der Waals surface area contributed by atoms with Crippen molar-refractivity contribution >= 4 is 27.5 Å². The van der Waals surface area contributed by atoms with Gasteiger partial charge in [-0.05, 0) is 23.1 Å². The van der Waals surface area contributed by atoms with Crippen molar-refractivity contribution in [3.8, 4) is 5.75 Å². The van der Waals surface area contributed by atoms with Gasteiger partial charge in [-0.1, -0.05) is 48.5 Å². The Balaban J connectivity index is 1.67. The van der Waals surface area contributed by atoms with E-state index in [4.69, 9.17) is 4.74 Å². The second kappa shape index (κ2) is 9.01. The lowest BCUT2D eigenvalue weighted by Crippen LogP contribution is -2.42. The van der Waals surface area contributed by atoms with Crippen LogP contribution in [0.5, 0.6) is 5.75 Å². The van der Waals surface area contributed by atoms with Crippen molar-refractivity contribution in [3.63, 3.8) is 0 Å². The van der Waals surface area contributed by atoms with Gasteiger partial charge in [-0.3, -0.25) is 18.7 Å². The normalized spacial score (nSPS) is 10.9. The van der Waals surface area contributed by atoms with E-state index in [1.54, 1.807) is 30.7 Å². The van der Waals surface area contributed by atoms with Crippen LogP contribution in [0, 0.1) is 0 Å². The number of amides is 1. The van der Waals surface area contributed by atoms with Crippen molar-refractivity contribution in [1.29, 1.82) is 0 Å². The van der Waals surface area contributed by atoms with Gasteiger partial charge in [0.15, 0.2) is 0 Å². The van der Waals surface area contributed by atoms with E-state index in [2.05, 4.69) is 5.32 Å². The molecule has 4 rings (SSSR count). The molecule has 7 nitrogen and oxygen atoms in total. The largest absolute Gasteiger partial charge is 0.496 e. The van der Waals surface area contributed by atoms with Crippen molar-refractivity contribution < 1.29 is 9.53 Å². The van der Waals surface area contributed by atoms with E-state index in [-0.39, 0.29) is 24.6 Å². The number of ether oxygens (including phenoxy) is 1. The molecular weight excluding hydrogens is 414 g/mol.